The van der Waals surface area contributed by atoms with Gasteiger partial charge < -0.3 is 10.2 Å². The van der Waals surface area contributed by atoms with Crippen molar-refractivity contribution in [3.05, 3.63) is 65.7 Å². The Morgan fingerprint density at radius 3 is 2.52 bits per heavy atom. The molecule has 0 amide bonds. The molecule has 4 aromatic rings. The Kier molecular flexibility index (Phi) is 2.20. The number of hydrogen-bond donors (Lipinski definition) is 1. The fraction of sp³-hybridized carbons (Fsp3) is 0.143. The number of fused-ring (bicyclic) bond motifs is 6. The van der Waals surface area contributed by atoms with Gasteiger partial charge in [0.15, 0.2) is 5.58 Å². The predicted octanol–water partition coefficient (Wildman–Crippen LogP) is 5.47. The lowest BCUT2D eigenvalue weighted by Crippen LogP contribution is -2.14. The van der Waals surface area contributed by atoms with E-state index in [2.05, 4.69) is 56.3 Å². The van der Waals surface area contributed by atoms with Crippen LogP contribution < -0.4 is 5.73 Å². The summed E-state index contributed by atoms with van der Waals surface area (Å²) in [5.41, 5.74) is 13.8. The first kappa shape index (κ1) is 12.8. The Labute approximate surface area is 134 Å². The minimum atomic E-state index is -0.00929. The molecule has 112 valence electrons. The van der Waals surface area contributed by atoms with Crippen molar-refractivity contribution in [1.82, 2.24) is 0 Å². The van der Waals surface area contributed by atoms with E-state index in [4.69, 9.17) is 10.2 Å². The second kappa shape index (κ2) is 3.96. The van der Waals surface area contributed by atoms with Gasteiger partial charge in [0.25, 0.3) is 0 Å². The summed E-state index contributed by atoms with van der Waals surface area (Å²) in [5, 5.41) is 2.23. The molecule has 3 aromatic carbocycles. The van der Waals surface area contributed by atoms with E-state index in [-0.39, 0.29) is 5.41 Å². The third-order valence-electron chi connectivity index (χ3n) is 5.23. The summed E-state index contributed by atoms with van der Waals surface area (Å²) in [6.07, 6.45) is 0. The Morgan fingerprint density at radius 2 is 1.65 bits per heavy atom. The number of anilines is 1. The van der Waals surface area contributed by atoms with Crippen LogP contribution in [-0.4, -0.2) is 0 Å². The molecule has 2 nitrogen and oxygen atoms in total. The first-order chi connectivity index (χ1) is 11.1. The van der Waals surface area contributed by atoms with Gasteiger partial charge in [0, 0.05) is 16.2 Å². The molecule has 0 saturated heterocycles. The van der Waals surface area contributed by atoms with Crippen LogP contribution in [0.15, 0.2) is 59.0 Å². The smallest absolute Gasteiger partial charge is 0.158 e. The molecule has 0 fully saturated rings. The van der Waals surface area contributed by atoms with E-state index < -0.39 is 0 Å². The van der Waals surface area contributed by atoms with Crippen LogP contribution in [0.3, 0.4) is 0 Å². The van der Waals surface area contributed by atoms with Crippen LogP contribution in [0.4, 0.5) is 5.69 Å². The summed E-state index contributed by atoms with van der Waals surface area (Å²) in [4.78, 5) is 0. The number of nitrogen functional groups attached to an aromatic ring is 1. The minimum Gasteiger partial charge on any atom is -0.454 e. The SMILES string of the molecule is CC1(C)c2ccccc2-c2cc3c(cc21)oc1c(N)cccc13. The molecule has 0 spiro atoms. The van der Waals surface area contributed by atoms with Crippen molar-refractivity contribution in [1.29, 1.82) is 0 Å². The highest BCUT2D eigenvalue weighted by Crippen LogP contribution is 2.50. The number of furan rings is 1. The molecule has 0 unspecified atom stereocenters. The van der Waals surface area contributed by atoms with Crippen molar-refractivity contribution < 1.29 is 4.42 Å². The van der Waals surface area contributed by atoms with Gasteiger partial charge in [-0.25, -0.2) is 0 Å². The largest absolute Gasteiger partial charge is 0.454 e. The fourth-order valence-corrected chi connectivity index (χ4v) is 4.01. The van der Waals surface area contributed by atoms with Gasteiger partial charge in [-0.15, -0.1) is 0 Å². The third kappa shape index (κ3) is 1.48. The number of hydrogen-bond acceptors (Lipinski definition) is 2. The van der Waals surface area contributed by atoms with Gasteiger partial charge >= 0.3 is 0 Å². The summed E-state index contributed by atoms with van der Waals surface area (Å²) in [7, 11) is 0. The lowest BCUT2D eigenvalue weighted by atomic mass is 9.82. The van der Waals surface area contributed by atoms with Gasteiger partial charge in [-0.1, -0.05) is 50.2 Å². The molecular weight excluding hydrogens is 282 g/mol. The topological polar surface area (TPSA) is 39.2 Å². The molecule has 1 aliphatic carbocycles. The maximum atomic E-state index is 6.08. The summed E-state index contributed by atoms with van der Waals surface area (Å²) >= 11 is 0. The molecule has 0 saturated carbocycles. The zero-order valence-corrected chi connectivity index (χ0v) is 13.2. The van der Waals surface area contributed by atoms with Crippen LogP contribution in [0, 0.1) is 0 Å². The molecule has 1 aromatic heterocycles. The molecular formula is C21H17NO. The summed E-state index contributed by atoms with van der Waals surface area (Å²) in [6, 6.07) is 19.1. The minimum absolute atomic E-state index is 0.00929. The predicted molar refractivity (Wildman–Crippen MR) is 95.7 cm³/mol. The quantitative estimate of drug-likeness (QED) is 0.437. The maximum Gasteiger partial charge on any atom is 0.158 e. The average Bonchev–Trinajstić information content (AvgIpc) is 3.02. The molecule has 5 rings (SSSR count). The zero-order chi connectivity index (χ0) is 15.8. The lowest BCUT2D eigenvalue weighted by molar-refractivity contribution is 0.648. The first-order valence-corrected chi connectivity index (χ1v) is 7.92. The number of rotatable bonds is 0. The van der Waals surface area contributed by atoms with E-state index in [1.807, 2.05) is 12.1 Å². The highest BCUT2D eigenvalue weighted by atomic mass is 16.3. The van der Waals surface area contributed by atoms with E-state index in [9.17, 15) is 0 Å². The third-order valence-corrected chi connectivity index (χ3v) is 5.23. The lowest BCUT2D eigenvalue weighted by Gasteiger charge is -2.21. The zero-order valence-electron chi connectivity index (χ0n) is 13.2. The Morgan fingerprint density at radius 1 is 0.826 bits per heavy atom. The Balaban J connectivity index is 1.95. The number of nitrogens with two attached hydrogens (primary N) is 1. The average molecular weight is 299 g/mol. The van der Waals surface area contributed by atoms with Gasteiger partial charge in [0.1, 0.15) is 5.58 Å². The van der Waals surface area contributed by atoms with Gasteiger partial charge in [0.2, 0.25) is 0 Å². The summed E-state index contributed by atoms with van der Waals surface area (Å²) in [5.74, 6) is 0. The molecule has 2 N–H and O–H groups in total. The standard InChI is InChI=1S/C21H17NO/c1-21(2)16-8-4-3-6-12(16)14-10-15-13-7-5-9-18(22)20(13)23-19(15)11-17(14)21/h3-11H,22H2,1-2H3. The molecule has 0 aliphatic heterocycles. The maximum absolute atomic E-state index is 6.08. The molecule has 23 heavy (non-hydrogen) atoms. The normalized spacial score (nSPS) is 15.0. The van der Waals surface area contributed by atoms with E-state index >= 15 is 0 Å². The number of para-hydroxylation sites is 1. The van der Waals surface area contributed by atoms with E-state index in [1.165, 1.54) is 22.3 Å². The van der Waals surface area contributed by atoms with Crippen molar-refractivity contribution in [2.45, 2.75) is 19.3 Å². The van der Waals surface area contributed by atoms with Crippen molar-refractivity contribution in [3.8, 4) is 11.1 Å². The van der Waals surface area contributed by atoms with Crippen molar-refractivity contribution in [2.24, 2.45) is 0 Å². The van der Waals surface area contributed by atoms with Gasteiger partial charge in [-0.2, -0.15) is 0 Å². The first-order valence-electron chi connectivity index (χ1n) is 7.92. The van der Waals surface area contributed by atoms with Gasteiger partial charge in [-0.3, -0.25) is 0 Å². The van der Waals surface area contributed by atoms with Crippen LogP contribution in [-0.2, 0) is 5.41 Å². The molecule has 2 heteroatoms. The van der Waals surface area contributed by atoms with E-state index in [0.29, 0.717) is 5.69 Å². The highest BCUT2D eigenvalue weighted by Gasteiger charge is 2.35. The van der Waals surface area contributed by atoms with Gasteiger partial charge in [-0.05, 0) is 40.5 Å². The Hall–Kier alpha value is -2.74. The molecule has 0 radical (unpaired) electrons. The van der Waals surface area contributed by atoms with Crippen molar-refractivity contribution >= 4 is 27.6 Å². The van der Waals surface area contributed by atoms with Crippen molar-refractivity contribution in [2.75, 3.05) is 5.73 Å². The highest BCUT2D eigenvalue weighted by molar-refractivity contribution is 6.10. The van der Waals surface area contributed by atoms with Crippen LogP contribution in [0.1, 0.15) is 25.0 Å². The molecule has 0 atom stereocenters. The van der Waals surface area contributed by atoms with Crippen LogP contribution in [0.2, 0.25) is 0 Å². The molecule has 1 heterocycles. The van der Waals surface area contributed by atoms with E-state index in [1.54, 1.807) is 0 Å². The number of benzene rings is 3. The Bertz CT molecular complexity index is 1100. The van der Waals surface area contributed by atoms with E-state index in [0.717, 1.165) is 21.9 Å². The van der Waals surface area contributed by atoms with Crippen molar-refractivity contribution in [3.63, 3.8) is 0 Å². The molecule has 0 bridgehead atoms. The summed E-state index contributed by atoms with van der Waals surface area (Å²) in [6.45, 7) is 4.56. The fourth-order valence-electron chi connectivity index (χ4n) is 4.01. The van der Waals surface area contributed by atoms with Crippen LogP contribution >= 0.6 is 0 Å². The second-order valence-corrected chi connectivity index (χ2v) is 6.89. The summed E-state index contributed by atoms with van der Waals surface area (Å²) < 4.78 is 6.08. The van der Waals surface area contributed by atoms with Crippen LogP contribution in [0.5, 0.6) is 0 Å². The molecule has 1 aliphatic rings. The van der Waals surface area contributed by atoms with Gasteiger partial charge in [0.05, 0.1) is 5.69 Å². The van der Waals surface area contributed by atoms with Crippen LogP contribution in [0.25, 0.3) is 33.1 Å². The second-order valence-electron chi connectivity index (χ2n) is 6.89. The monoisotopic (exact) mass is 299 g/mol.